The Morgan fingerprint density at radius 1 is 1.14 bits per heavy atom. The average molecular weight is 335 g/mol. The zero-order valence-corrected chi connectivity index (χ0v) is 11.7. The van der Waals surface area contributed by atoms with Gasteiger partial charge in [0.1, 0.15) is 5.69 Å². The second kappa shape index (κ2) is 5.54. The van der Waals surface area contributed by atoms with E-state index >= 15 is 0 Å². The molecule has 0 spiro atoms. The molecule has 0 saturated heterocycles. The highest BCUT2D eigenvalue weighted by Crippen LogP contribution is 2.35. The van der Waals surface area contributed by atoms with Gasteiger partial charge in [-0.25, -0.2) is 4.98 Å². The lowest BCUT2D eigenvalue weighted by Gasteiger charge is -2.12. The number of hydrogen-bond donors (Lipinski definition) is 1. The Bertz CT molecular complexity index is 717. The summed E-state index contributed by atoms with van der Waals surface area (Å²) in [7, 11) is 0. The number of primary amides is 1. The van der Waals surface area contributed by atoms with Gasteiger partial charge in [0, 0.05) is 10.6 Å². The number of aromatic nitrogens is 1. The van der Waals surface area contributed by atoms with Crippen molar-refractivity contribution in [1.82, 2.24) is 4.98 Å². The average Bonchev–Trinajstić information content (AvgIpc) is 2.39. The fourth-order valence-corrected chi connectivity index (χ4v) is 2.08. The van der Waals surface area contributed by atoms with Gasteiger partial charge in [0.15, 0.2) is 0 Å². The van der Waals surface area contributed by atoms with Gasteiger partial charge in [-0.2, -0.15) is 13.2 Å². The molecule has 0 aliphatic carbocycles. The van der Waals surface area contributed by atoms with E-state index in [0.717, 1.165) is 6.07 Å². The van der Waals surface area contributed by atoms with Crippen molar-refractivity contribution in [2.45, 2.75) is 6.18 Å². The van der Waals surface area contributed by atoms with Gasteiger partial charge in [0.05, 0.1) is 16.3 Å². The summed E-state index contributed by atoms with van der Waals surface area (Å²) in [4.78, 5) is 14.8. The second-order valence-electron chi connectivity index (χ2n) is 4.08. The Balaban J connectivity index is 2.75. The van der Waals surface area contributed by atoms with Crippen molar-refractivity contribution in [3.63, 3.8) is 0 Å². The number of amides is 1. The summed E-state index contributed by atoms with van der Waals surface area (Å²) in [5.74, 6) is -0.915. The minimum atomic E-state index is -4.66. The molecule has 2 N–H and O–H groups in total. The summed E-state index contributed by atoms with van der Waals surface area (Å²) in [5, 5.41) is 0.345. The van der Waals surface area contributed by atoms with E-state index < -0.39 is 17.8 Å². The van der Waals surface area contributed by atoms with Crippen molar-refractivity contribution < 1.29 is 18.0 Å². The number of carbonyl (C=O) groups excluding carboxylic acids is 1. The van der Waals surface area contributed by atoms with Crippen molar-refractivity contribution in [3.05, 3.63) is 51.6 Å². The molecule has 8 heteroatoms. The fraction of sp³-hybridized carbons (Fsp3) is 0.0769. The molecule has 3 nitrogen and oxygen atoms in total. The molecule has 0 aliphatic rings. The first kappa shape index (κ1) is 15.6. The maximum absolute atomic E-state index is 12.8. The van der Waals surface area contributed by atoms with E-state index in [1.807, 2.05) is 0 Å². The number of rotatable bonds is 2. The van der Waals surface area contributed by atoms with Crippen molar-refractivity contribution in [2.75, 3.05) is 0 Å². The molecule has 0 unspecified atom stereocenters. The van der Waals surface area contributed by atoms with E-state index in [4.69, 9.17) is 28.9 Å². The van der Waals surface area contributed by atoms with Crippen LogP contribution >= 0.6 is 23.2 Å². The first-order valence-corrected chi connectivity index (χ1v) is 6.29. The molecule has 2 aromatic rings. The number of nitrogens with two attached hydrogens (primary N) is 1. The molecule has 2 rings (SSSR count). The predicted molar refractivity (Wildman–Crippen MR) is 73.2 cm³/mol. The Hall–Kier alpha value is -1.79. The largest absolute Gasteiger partial charge is 0.433 e. The summed E-state index contributed by atoms with van der Waals surface area (Å²) in [5.41, 5.74) is 3.68. The highest BCUT2D eigenvalue weighted by Gasteiger charge is 2.33. The lowest BCUT2D eigenvalue weighted by Crippen LogP contribution is -2.16. The van der Waals surface area contributed by atoms with Crippen molar-refractivity contribution in [1.29, 1.82) is 0 Å². The van der Waals surface area contributed by atoms with Crippen LogP contribution in [0.2, 0.25) is 10.0 Å². The molecule has 110 valence electrons. The van der Waals surface area contributed by atoms with Crippen LogP contribution in [0.1, 0.15) is 16.1 Å². The topological polar surface area (TPSA) is 56.0 Å². The lowest BCUT2D eigenvalue weighted by molar-refractivity contribution is -0.141. The molecule has 0 bridgehead atoms. The third kappa shape index (κ3) is 3.28. The molecule has 0 saturated carbocycles. The Morgan fingerprint density at radius 2 is 1.81 bits per heavy atom. The zero-order chi connectivity index (χ0) is 15.8. The van der Waals surface area contributed by atoms with Crippen LogP contribution in [0.3, 0.4) is 0 Å². The van der Waals surface area contributed by atoms with Crippen LogP contribution in [0.5, 0.6) is 0 Å². The normalized spacial score (nSPS) is 11.5. The summed E-state index contributed by atoms with van der Waals surface area (Å²) in [6.45, 7) is 0. The van der Waals surface area contributed by atoms with Crippen LogP contribution in [0, 0.1) is 0 Å². The third-order valence-corrected chi connectivity index (χ3v) is 3.20. The molecule has 21 heavy (non-hydrogen) atoms. The van der Waals surface area contributed by atoms with E-state index in [-0.39, 0.29) is 26.9 Å². The fourth-order valence-electron chi connectivity index (χ4n) is 1.70. The van der Waals surface area contributed by atoms with Gasteiger partial charge in [-0.15, -0.1) is 0 Å². The van der Waals surface area contributed by atoms with E-state index in [0.29, 0.717) is 6.07 Å². The molecular weight excluding hydrogens is 328 g/mol. The van der Waals surface area contributed by atoms with Crippen molar-refractivity contribution in [2.24, 2.45) is 5.73 Å². The first-order chi connectivity index (χ1) is 9.70. The minimum absolute atomic E-state index is 0.101. The molecule has 0 fully saturated rings. The smallest absolute Gasteiger partial charge is 0.366 e. The lowest BCUT2D eigenvalue weighted by atomic mass is 10.0. The zero-order valence-electron chi connectivity index (χ0n) is 10.2. The Kier molecular flexibility index (Phi) is 4.11. The molecule has 0 atom stereocenters. The predicted octanol–water partition coefficient (Wildman–Crippen LogP) is 4.17. The number of benzene rings is 1. The number of halogens is 5. The van der Waals surface area contributed by atoms with Crippen LogP contribution in [-0.4, -0.2) is 10.9 Å². The Morgan fingerprint density at radius 3 is 2.38 bits per heavy atom. The van der Waals surface area contributed by atoms with Gasteiger partial charge in [0.25, 0.3) is 5.91 Å². The number of nitrogens with zero attached hydrogens (tertiary/aromatic N) is 1. The van der Waals surface area contributed by atoms with Crippen LogP contribution in [0.25, 0.3) is 11.3 Å². The highest BCUT2D eigenvalue weighted by atomic mass is 35.5. The van der Waals surface area contributed by atoms with Crippen molar-refractivity contribution in [3.8, 4) is 11.3 Å². The van der Waals surface area contributed by atoms with Gasteiger partial charge in [-0.05, 0) is 30.3 Å². The van der Waals surface area contributed by atoms with Gasteiger partial charge in [0.2, 0.25) is 0 Å². The molecule has 1 aromatic heterocycles. The van der Waals surface area contributed by atoms with Gasteiger partial charge in [-0.3, -0.25) is 4.79 Å². The number of carbonyl (C=O) groups is 1. The number of pyridine rings is 1. The van der Waals surface area contributed by atoms with Crippen LogP contribution in [-0.2, 0) is 6.18 Å². The summed E-state index contributed by atoms with van der Waals surface area (Å²) < 4.78 is 38.3. The maximum atomic E-state index is 12.8. The minimum Gasteiger partial charge on any atom is -0.366 e. The SMILES string of the molecule is NC(=O)c1ccc(C(F)(F)F)nc1-c1cc(Cl)ccc1Cl. The van der Waals surface area contributed by atoms with E-state index in [1.165, 1.54) is 18.2 Å². The molecule has 1 heterocycles. The van der Waals surface area contributed by atoms with Gasteiger partial charge < -0.3 is 5.73 Å². The van der Waals surface area contributed by atoms with Gasteiger partial charge >= 0.3 is 6.18 Å². The van der Waals surface area contributed by atoms with Crippen LogP contribution in [0.4, 0.5) is 13.2 Å². The highest BCUT2D eigenvalue weighted by molar-refractivity contribution is 6.35. The Labute approximate surface area is 127 Å². The summed E-state index contributed by atoms with van der Waals surface area (Å²) in [6, 6.07) is 5.82. The standard InChI is InChI=1S/C13H7Cl2F3N2O/c14-6-1-3-9(15)8(5-6)11-7(12(19)21)2-4-10(20-11)13(16,17)18/h1-5H,(H2,19,21). The number of alkyl halides is 3. The quantitative estimate of drug-likeness (QED) is 0.895. The first-order valence-electron chi connectivity index (χ1n) is 5.53. The second-order valence-corrected chi connectivity index (χ2v) is 4.92. The molecule has 0 aliphatic heterocycles. The molecule has 1 aromatic carbocycles. The third-order valence-electron chi connectivity index (χ3n) is 2.63. The van der Waals surface area contributed by atoms with E-state index in [2.05, 4.69) is 4.98 Å². The molecule has 0 radical (unpaired) electrons. The molecule has 1 amide bonds. The van der Waals surface area contributed by atoms with Crippen LogP contribution < -0.4 is 5.73 Å². The summed E-state index contributed by atoms with van der Waals surface area (Å²) in [6.07, 6.45) is -4.66. The van der Waals surface area contributed by atoms with E-state index in [9.17, 15) is 18.0 Å². The monoisotopic (exact) mass is 334 g/mol. The van der Waals surface area contributed by atoms with Crippen molar-refractivity contribution >= 4 is 29.1 Å². The molecular formula is C13H7Cl2F3N2O. The summed E-state index contributed by atoms with van der Waals surface area (Å²) >= 11 is 11.7. The van der Waals surface area contributed by atoms with E-state index in [1.54, 1.807) is 0 Å². The number of hydrogen-bond acceptors (Lipinski definition) is 2. The van der Waals surface area contributed by atoms with Crippen LogP contribution in [0.15, 0.2) is 30.3 Å². The maximum Gasteiger partial charge on any atom is 0.433 e. The van der Waals surface area contributed by atoms with Gasteiger partial charge in [-0.1, -0.05) is 23.2 Å².